The number of nitrogens with zero attached hydrogens (tertiary/aromatic N) is 1. The van der Waals surface area contributed by atoms with Crippen LogP contribution in [0.4, 0.5) is 17.1 Å². The Hall–Kier alpha value is -3.80. The van der Waals surface area contributed by atoms with Gasteiger partial charge in [-0.25, -0.2) is 0 Å². The number of unbranched alkanes of at least 4 members (excludes halogenated alkanes) is 3. The molecule has 2 fully saturated rings. The van der Waals surface area contributed by atoms with E-state index in [1.54, 1.807) is 12.1 Å². The highest BCUT2D eigenvalue weighted by atomic mass is 16.7. The molecule has 0 bridgehead atoms. The van der Waals surface area contributed by atoms with Crippen LogP contribution in [0.25, 0.3) is 0 Å². The molecule has 0 radical (unpaired) electrons. The fraction of sp³-hybridized carbons (Fsp3) is 0.444. The van der Waals surface area contributed by atoms with Crippen molar-refractivity contribution in [2.75, 3.05) is 36.0 Å². The molecule has 4 atom stereocenters. The van der Waals surface area contributed by atoms with E-state index in [1.165, 1.54) is 0 Å². The number of rotatable bonds is 14. The number of likely N-dealkylation sites (tertiary alicyclic amines) is 1. The highest BCUT2D eigenvalue weighted by Crippen LogP contribution is 2.39. The van der Waals surface area contributed by atoms with Gasteiger partial charge in [-0.3, -0.25) is 14.5 Å². The van der Waals surface area contributed by atoms with Crippen molar-refractivity contribution < 1.29 is 29.3 Å². The van der Waals surface area contributed by atoms with Crippen LogP contribution in [0, 0.1) is 0 Å². The minimum Gasteiger partial charge on any atom is -0.397 e. The zero-order chi connectivity index (χ0) is 32.3. The van der Waals surface area contributed by atoms with Crippen molar-refractivity contribution in [3.63, 3.8) is 0 Å². The molecule has 2 saturated heterocycles. The van der Waals surface area contributed by atoms with Crippen molar-refractivity contribution in [2.24, 2.45) is 0 Å². The van der Waals surface area contributed by atoms with Crippen molar-refractivity contribution in [3.8, 4) is 0 Å². The standard InChI is InChI=1S/C36H46N4O6/c37-31-10-5-6-11-32(31)39-35(44)13-4-2-1-3-12-34(43)38-28-9-7-8-27(20-28)36-45-30(23-40-19-18-29(42)22-40)21-33(46-36)26-16-14-25(24-41)15-17-26/h5-11,14-17,20,29-30,33,36,41-42H,1-4,12-13,18-19,21-24,37H2,(H,38,43)(H,39,44)/t29-,30+,33-,36-/m0/s1. The molecule has 0 saturated carbocycles. The number of para-hydroxylation sites is 2. The highest BCUT2D eigenvalue weighted by molar-refractivity contribution is 5.93. The molecule has 0 unspecified atom stereocenters. The van der Waals surface area contributed by atoms with Crippen molar-refractivity contribution in [2.45, 2.75) is 82.6 Å². The van der Waals surface area contributed by atoms with E-state index in [1.807, 2.05) is 60.7 Å². The van der Waals surface area contributed by atoms with E-state index in [-0.39, 0.29) is 36.7 Å². The summed E-state index contributed by atoms with van der Waals surface area (Å²) in [5.74, 6) is -0.124. The first-order valence-corrected chi connectivity index (χ1v) is 16.3. The number of aliphatic hydroxyl groups excluding tert-OH is 2. The number of nitrogen functional groups attached to an aromatic ring is 1. The number of β-amino-alcohol motifs (C(OH)–C–C–N with tert-alkyl or cyclic N) is 1. The van der Waals surface area contributed by atoms with E-state index >= 15 is 0 Å². The van der Waals surface area contributed by atoms with Crippen LogP contribution in [0.5, 0.6) is 0 Å². The van der Waals surface area contributed by atoms with Gasteiger partial charge in [0.05, 0.1) is 36.3 Å². The van der Waals surface area contributed by atoms with Crippen LogP contribution in [0.2, 0.25) is 0 Å². The molecule has 0 aliphatic carbocycles. The number of anilines is 3. The molecule has 3 aromatic carbocycles. The Labute approximate surface area is 270 Å². The van der Waals surface area contributed by atoms with Gasteiger partial charge in [-0.15, -0.1) is 0 Å². The lowest BCUT2D eigenvalue weighted by atomic mass is 9.99. The number of hydrogen-bond acceptors (Lipinski definition) is 8. The molecule has 2 amide bonds. The summed E-state index contributed by atoms with van der Waals surface area (Å²) in [5.41, 5.74) is 10.4. The smallest absolute Gasteiger partial charge is 0.224 e. The number of carbonyl (C=O) groups excluding carboxylic acids is 2. The topological polar surface area (TPSA) is 146 Å². The van der Waals surface area contributed by atoms with Gasteiger partial charge in [0.15, 0.2) is 6.29 Å². The van der Waals surface area contributed by atoms with Gasteiger partial charge in [0.25, 0.3) is 0 Å². The summed E-state index contributed by atoms with van der Waals surface area (Å²) in [4.78, 5) is 27.2. The van der Waals surface area contributed by atoms with Gasteiger partial charge in [-0.2, -0.15) is 0 Å². The number of ether oxygens (including phenoxy) is 2. The lowest BCUT2D eigenvalue weighted by Gasteiger charge is -2.38. The first-order valence-electron chi connectivity index (χ1n) is 16.3. The number of benzene rings is 3. The van der Waals surface area contributed by atoms with E-state index in [4.69, 9.17) is 15.2 Å². The monoisotopic (exact) mass is 630 g/mol. The molecule has 2 heterocycles. The van der Waals surface area contributed by atoms with Gasteiger partial charge in [-0.1, -0.05) is 61.4 Å². The van der Waals surface area contributed by atoms with Crippen molar-refractivity contribution in [1.82, 2.24) is 4.90 Å². The van der Waals surface area contributed by atoms with E-state index in [0.717, 1.165) is 55.3 Å². The molecule has 2 aliphatic rings. The van der Waals surface area contributed by atoms with Gasteiger partial charge >= 0.3 is 0 Å². The number of aliphatic hydroxyl groups is 2. The second-order valence-corrected chi connectivity index (χ2v) is 12.3. The second kappa shape index (κ2) is 16.7. The van der Waals surface area contributed by atoms with E-state index in [2.05, 4.69) is 15.5 Å². The minimum absolute atomic E-state index is 0.0138. The summed E-state index contributed by atoms with van der Waals surface area (Å²) >= 11 is 0. The summed E-state index contributed by atoms with van der Waals surface area (Å²) in [6, 6.07) is 22.6. The molecular formula is C36H46N4O6. The van der Waals surface area contributed by atoms with Gasteiger partial charge in [0, 0.05) is 50.1 Å². The lowest BCUT2D eigenvalue weighted by Crippen LogP contribution is -2.38. The van der Waals surface area contributed by atoms with Crippen molar-refractivity contribution >= 4 is 28.9 Å². The van der Waals surface area contributed by atoms with Crippen LogP contribution >= 0.6 is 0 Å². The van der Waals surface area contributed by atoms with Crippen molar-refractivity contribution in [3.05, 3.63) is 89.5 Å². The van der Waals surface area contributed by atoms with Crippen LogP contribution < -0.4 is 16.4 Å². The van der Waals surface area contributed by atoms with Gasteiger partial charge in [-0.05, 0) is 54.7 Å². The molecule has 0 aromatic heterocycles. The van der Waals surface area contributed by atoms with Crippen LogP contribution in [0.15, 0.2) is 72.8 Å². The fourth-order valence-corrected chi connectivity index (χ4v) is 6.03. The molecule has 0 spiro atoms. The average Bonchev–Trinajstić information content (AvgIpc) is 3.47. The predicted molar refractivity (Wildman–Crippen MR) is 178 cm³/mol. The van der Waals surface area contributed by atoms with Crippen molar-refractivity contribution in [1.29, 1.82) is 0 Å². The van der Waals surface area contributed by atoms with Crippen LogP contribution in [0.3, 0.4) is 0 Å². The molecule has 3 aromatic rings. The SMILES string of the molecule is Nc1ccccc1NC(=O)CCCCCCC(=O)Nc1cccc([C@H]2O[C@@H](CN3CC[C@H](O)C3)C[C@@H](c3ccc(CO)cc3)O2)c1. The number of nitrogens with one attached hydrogen (secondary N) is 2. The zero-order valence-corrected chi connectivity index (χ0v) is 26.3. The fourth-order valence-electron chi connectivity index (χ4n) is 6.03. The number of hydrogen-bond donors (Lipinski definition) is 5. The average molecular weight is 631 g/mol. The largest absolute Gasteiger partial charge is 0.397 e. The molecular weight excluding hydrogens is 584 g/mol. The first kappa shape index (κ1) is 33.6. The van der Waals surface area contributed by atoms with E-state index < -0.39 is 6.29 Å². The summed E-state index contributed by atoms with van der Waals surface area (Å²) in [6.45, 7) is 2.16. The molecule has 246 valence electrons. The Morgan fingerprint density at radius 2 is 1.61 bits per heavy atom. The second-order valence-electron chi connectivity index (χ2n) is 12.3. The molecule has 10 heteroatoms. The lowest BCUT2D eigenvalue weighted by molar-refractivity contribution is -0.252. The van der Waals surface area contributed by atoms with Crippen LogP contribution in [-0.2, 0) is 25.7 Å². The van der Waals surface area contributed by atoms with E-state index in [0.29, 0.717) is 49.4 Å². The third-order valence-electron chi connectivity index (χ3n) is 8.56. The summed E-state index contributed by atoms with van der Waals surface area (Å²) in [7, 11) is 0. The number of nitrogens with two attached hydrogens (primary N) is 1. The number of amides is 2. The maximum Gasteiger partial charge on any atom is 0.224 e. The Morgan fingerprint density at radius 1 is 0.870 bits per heavy atom. The maximum atomic E-state index is 12.7. The molecule has 10 nitrogen and oxygen atoms in total. The molecule has 5 rings (SSSR count). The first-order chi connectivity index (χ1) is 22.4. The Kier molecular flexibility index (Phi) is 12.2. The van der Waals surface area contributed by atoms with Gasteiger partial charge < -0.3 is 36.1 Å². The van der Waals surface area contributed by atoms with Gasteiger partial charge in [0.1, 0.15) is 0 Å². The van der Waals surface area contributed by atoms with Crippen LogP contribution in [0.1, 0.15) is 80.5 Å². The summed E-state index contributed by atoms with van der Waals surface area (Å²) in [6.07, 6.45) is 4.20. The van der Waals surface area contributed by atoms with E-state index in [9.17, 15) is 19.8 Å². The quantitative estimate of drug-likeness (QED) is 0.119. The Bertz CT molecular complexity index is 1430. The molecule has 46 heavy (non-hydrogen) atoms. The highest BCUT2D eigenvalue weighted by Gasteiger charge is 2.34. The minimum atomic E-state index is -0.624. The molecule has 6 N–H and O–H groups in total. The van der Waals surface area contributed by atoms with Gasteiger partial charge in [0.2, 0.25) is 11.8 Å². The Morgan fingerprint density at radius 3 is 2.30 bits per heavy atom. The maximum absolute atomic E-state index is 12.7. The summed E-state index contributed by atoms with van der Waals surface area (Å²) < 4.78 is 12.9. The normalized spacial score (nSPS) is 21.6. The predicted octanol–water partition coefficient (Wildman–Crippen LogP) is 5.29. The van der Waals surface area contributed by atoms with Crippen LogP contribution in [-0.4, -0.2) is 58.8 Å². The molecule has 2 aliphatic heterocycles. The summed E-state index contributed by atoms with van der Waals surface area (Å²) in [5, 5.41) is 25.3. The number of carbonyl (C=O) groups is 2. The third kappa shape index (κ3) is 9.85. The zero-order valence-electron chi connectivity index (χ0n) is 26.3. The third-order valence-corrected chi connectivity index (χ3v) is 8.56. The Balaban J connectivity index is 1.10.